The minimum atomic E-state index is -0.0876. The number of benzene rings is 8. The van der Waals surface area contributed by atoms with Gasteiger partial charge in [0.25, 0.3) is 0 Å². The van der Waals surface area contributed by atoms with Gasteiger partial charge in [-0.1, -0.05) is 208 Å². The van der Waals surface area contributed by atoms with E-state index in [4.69, 9.17) is 0 Å². The van der Waals surface area contributed by atoms with E-state index in [1.165, 1.54) is 106 Å². The van der Waals surface area contributed by atoms with Gasteiger partial charge in [0.1, 0.15) is 0 Å². The summed E-state index contributed by atoms with van der Waals surface area (Å²) in [5, 5.41) is 2.53. The van der Waals surface area contributed by atoms with Crippen molar-refractivity contribution >= 4 is 56.5 Å². The number of para-hydroxylation sites is 2. The maximum absolute atomic E-state index is 4.05. The summed E-state index contributed by atoms with van der Waals surface area (Å²) >= 11 is 0. The summed E-state index contributed by atoms with van der Waals surface area (Å²) in [6, 6.07) is 72.8. The normalized spacial score (nSPS) is 15.5. The van der Waals surface area contributed by atoms with E-state index in [9.17, 15) is 0 Å². The molecule has 368 valence electrons. The van der Waals surface area contributed by atoms with Crippen LogP contribution in [0.2, 0.25) is 0 Å². The smallest absolute Gasteiger partial charge is 0.0563 e. The second-order valence-corrected chi connectivity index (χ2v) is 21.0. The Bertz CT molecular complexity index is 3610. The van der Waals surface area contributed by atoms with Gasteiger partial charge in [-0.15, -0.1) is 0 Å². The summed E-state index contributed by atoms with van der Waals surface area (Å²) < 4.78 is 2.39. The maximum atomic E-state index is 4.05. The van der Waals surface area contributed by atoms with Gasteiger partial charge in [-0.05, 0) is 179 Å². The number of aromatic nitrogens is 1. The van der Waals surface area contributed by atoms with Gasteiger partial charge in [0.2, 0.25) is 0 Å². The minimum absolute atomic E-state index is 0.0876. The molecule has 0 saturated carbocycles. The second-order valence-electron chi connectivity index (χ2n) is 21.0. The molecule has 0 N–H and O–H groups in total. The van der Waals surface area contributed by atoms with Crippen LogP contribution < -0.4 is 4.90 Å². The van der Waals surface area contributed by atoms with Crippen molar-refractivity contribution in [2.24, 2.45) is 0 Å². The lowest BCUT2D eigenvalue weighted by Gasteiger charge is -2.38. The predicted octanol–water partition coefficient (Wildman–Crippen LogP) is 19.5. The molecule has 1 atom stereocenters. The second kappa shape index (κ2) is 21.3. The molecule has 0 amide bonds. The van der Waals surface area contributed by atoms with E-state index >= 15 is 0 Å². The molecule has 0 saturated heterocycles. The van der Waals surface area contributed by atoms with Crippen molar-refractivity contribution in [3.8, 4) is 16.8 Å². The Hall–Kier alpha value is -8.20. The van der Waals surface area contributed by atoms with E-state index in [0.717, 1.165) is 70.6 Å². The number of hydrogen-bond donors (Lipinski definition) is 0. The van der Waals surface area contributed by atoms with Crippen LogP contribution in [-0.2, 0) is 18.3 Å². The molecule has 1 aromatic heterocycles. The molecule has 2 nitrogen and oxygen atoms in total. The number of unbranched alkanes of at least 4 members (excludes halogenated alkanes) is 2. The van der Waals surface area contributed by atoms with Gasteiger partial charge in [0.05, 0.1) is 17.1 Å². The first-order chi connectivity index (χ1) is 37.1. The lowest BCUT2D eigenvalue weighted by molar-refractivity contribution is 0.405. The van der Waals surface area contributed by atoms with Crippen LogP contribution in [0.5, 0.6) is 0 Å². The SMILES string of the molecule is C=Cc1cccc(CCCCC2(CCCCc3cccc(C=C)c3)C3=CC(N(c4ccc(C5=CC=CCC5)cc4)c4ccc(-c5ccc6c(c5)c5ccccc5n6-c5ccccc5)cc4)CC=C3c3ccccc32)c1. The van der Waals surface area contributed by atoms with Crippen LogP contribution in [0, 0.1) is 0 Å². The number of allylic oxidation sites excluding steroid dienone is 6. The summed E-state index contributed by atoms with van der Waals surface area (Å²) in [6.45, 7) is 8.10. The van der Waals surface area contributed by atoms with Crippen LogP contribution in [0.3, 0.4) is 0 Å². The molecular weight excluding hydrogens is 905 g/mol. The van der Waals surface area contributed by atoms with Crippen molar-refractivity contribution in [2.45, 2.75) is 82.1 Å². The fourth-order valence-corrected chi connectivity index (χ4v) is 12.8. The van der Waals surface area contributed by atoms with Crippen molar-refractivity contribution in [1.29, 1.82) is 0 Å². The molecular formula is C73H66N2. The Kier molecular flexibility index (Phi) is 13.6. The number of nitrogens with zero attached hydrogens (tertiary/aromatic N) is 2. The van der Waals surface area contributed by atoms with Crippen LogP contribution in [-0.4, -0.2) is 10.6 Å². The van der Waals surface area contributed by atoms with E-state index in [1.807, 2.05) is 12.2 Å². The number of hydrogen-bond acceptors (Lipinski definition) is 1. The van der Waals surface area contributed by atoms with E-state index in [1.54, 1.807) is 0 Å². The Morgan fingerprint density at radius 1 is 0.560 bits per heavy atom. The van der Waals surface area contributed by atoms with Crippen molar-refractivity contribution in [1.82, 2.24) is 4.57 Å². The first kappa shape index (κ1) is 47.8. The van der Waals surface area contributed by atoms with E-state index in [-0.39, 0.29) is 11.5 Å². The van der Waals surface area contributed by atoms with Crippen molar-refractivity contribution in [3.63, 3.8) is 0 Å². The molecule has 9 aromatic rings. The number of fused-ring (bicyclic) bond motifs is 6. The van der Waals surface area contributed by atoms with Gasteiger partial charge in [0, 0.05) is 33.2 Å². The zero-order chi connectivity index (χ0) is 50.6. The average Bonchev–Trinajstić information content (AvgIpc) is 3.96. The van der Waals surface area contributed by atoms with Gasteiger partial charge >= 0.3 is 0 Å². The molecule has 1 heterocycles. The zero-order valence-electron chi connectivity index (χ0n) is 43.2. The Balaban J connectivity index is 0.913. The highest BCUT2D eigenvalue weighted by Crippen LogP contribution is 2.57. The zero-order valence-corrected chi connectivity index (χ0v) is 43.2. The number of anilines is 2. The first-order valence-corrected chi connectivity index (χ1v) is 27.5. The highest BCUT2D eigenvalue weighted by atomic mass is 15.2. The van der Waals surface area contributed by atoms with E-state index in [2.05, 4.69) is 247 Å². The van der Waals surface area contributed by atoms with Crippen LogP contribution in [0.4, 0.5) is 11.4 Å². The highest BCUT2D eigenvalue weighted by Gasteiger charge is 2.46. The maximum Gasteiger partial charge on any atom is 0.0563 e. The monoisotopic (exact) mass is 971 g/mol. The average molecular weight is 971 g/mol. The Morgan fingerprint density at radius 2 is 1.19 bits per heavy atom. The highest BCUT2D eigenvalue weighted by molar-refractivity contribution is 6.10. The third kappa shape index (κ3) is 9.51. The van der Waals surface area contributed by atoms with Crippen molar-refractivity contribution < 1.29 is 0 Å². The topological polar surface area (TPSA) is 8.17 Å². The molecule has 3 aliphatic carbocycles. The van der Waals surface area contributed by atoms with E-state index in [0.29, 0.717) is 0 Å². The predicted molar refractivity (Wildman–Crippen MR) is 322 cm³/mol. The molecule has 8 aromatic carbocycles. The molecule has 12 rings (SSSR count). The van der Waals surface area contributed by atoms with Gasteiger partial charge < -0.3 is 9.47 Å². The standard InChI is InChI=1S/C73H66N2/c1-3-53-23-19-25-55(49-53)21-15-17-47-73(48-18-16-22-56-26-20-24-54(4-2)50-56)69-33-13-11-31-65(69)66-45-44-64(52-70(66)73)74(62-40-35-58(36-41-62)57-27-7-5-8-28-57)63-42-37-59(38-43-63)60-39-46-72-68(51-60)67-32-12-14-34-71(67)75(72)61-29-9-6-10-30-61/h3-7,9-14,19-20,23-27,29-43,45-46,49-52,64H,1-2,8,15-18,21-22,28,44,47-48H2. The van der Waals surface area contributed by atoms with Crippen molar-refractivity contribution in [3.05, 3.63) is 282 Å². The summed E-state index contributed by atoms with van der Waals surface area (Å²) in [6.07, 6.45) is 28.1. The molecule has 0 spiro atoms. The minimum Gasteiger partial charge on any atom is -0.334 e. The third-order valence-electron chi connectivity index (χ3n) is 16.5. The summed E-state index contributed by atoms with van der Waals surface area (Å²) in [7, 11) is 0. The molecule has 0 aliphatic heterocycles. The molecule has 75 heavy (non-hydrogen) atoms. The molecule has 3 aliphatic rings. The third-order valence-corrected chi connectivity index (χ3v) is 16.5. The summed E-state index contributed by atoms with van der Waals surface area (Å²) in [5.74, 6) is 0. The van der Waals surface area contributed by atoms with Crippen molar-refractivity contribution in [2.75, 3.05) is 4.90 Å². The lowest BCUT2D eigenvalue weighted by atomic mass is 9.69. The van der Waals surface area contributed by atoms with Gasteiger partial charge in [-0.3, -0.25) is 0 Å². The Morgan fingerprint density at radius 3 is 1.87 bits per heavy atom. The molecule has 1 unspecified atom stereocenters. The van der Waals surface area contributed by atoms with Crippen LogP contribution in [0.15, 0.2) is 243 Å². The van der Waals surface area contributed by atoms with Gasteiger partial charge in [-0.25, -0.2) is 0 Å². The number of aryl methyl sites for hydroxylation is 2. The fraction of sp³-hybridized carbons (Fsp3) is 0.178. The molecule has 0 bridgehead atoms. The summed E-state index contributed by atoms with van der Waals surface area (Å²) in [5.41, 5.74) is 22.2. The Labute approximate surface area is 444 Å². The summed E-state index contributed by atoms with van der Waals surface area (Å²) in [4.78, 5) is 2.63. The van der Waals surface area contributed by atoms with Crippen LogP contribution in [0.25, 0.3) is 61.9 Å². The lowest BCUT2D eigenvalue weighted by Crippen LogP contribution is -2.33. The molecule has 2 heteroatoms. The van der Waals surface area contributed by atoms with Crippen LogP contribution >= 0.6 is 0 Å². The van der Waals surface area contributed by atoms with Crippen LogP contribution in [0.1, 0.15) is 96.7 Å². The molecule has 0 radical (unpaired) electrons. The molecule has 0 fully saturated rings. The largest absolute Gasteiger partial charge is 0.334 e. The quantitative estimate of drug-likeness (QED) is 0.0778. The van der Waals surface area contributed by atoms with Gasteiger partial charge in [-0.2, -0.15) is 0 Å². The first-order valence-electron chi connectivity index (χ1n) is 27.5. The fourth-order valence-electron chi connectivity index (χ4n) is 12.8. The number of rotatable bonds is 18. The van der Waals surface area contributed by atoms with E-state index < -0.39 is 0 Å². The van der Waals surface area contributed by atoms with Gasteiger partial charge in [0.15, 0.2) is 0 Å².